The molecular formula is C25H27F2N5O5. The summed E-state index contributed by atoms with van der Waals surface area (Å²) in [5, 5.41) is 15.9. The molecule has 3 amide bonds. The summed E-state index contributed by atoms with van der Waals surface area (Å²) in [6.07, 6.45) is 1.10. The molecular weight excluding hydrogens is 488 g/mol. The fourth-order valence-electron chi connectivity index (χ4n) is 5.54. The number of aromatic hydroxyl groups is 1. The van der Waals surface area contributed by atoms with Gasteiger partial charge in [0.2, 0.25) is 5.75 Å². The van der Waals surface area contributed by atoms with E-state index in [1.807, 2.05) is 0 Å². The number of nitrogens with one attached hydrogen (secondary N) is 2. The van der Waals surface area contributed by atoms with Gasteiger partial charge in [-0.3, -0.25) is 23.7 Å². The maximum absolute atomic E-state index is 13.6. The van der Waals surface area contributed by atoms with Crippen molar-refractivity contribution in [2.24, 2.45) is 5.92 Å². The molecule has 0 radical (unpaired) electrons. The molecule has 2 aromatic rings. The molecule has 2 bridgehead atoms. The van der Waals surface area contributed by atoms with Crippen LogP contribution in [0.5, 0.6) is 5.75 Å². The molecule has 1 aliphatic carbocycles. The number of hydrogen-bond donors (Lipinski definition) is 3. The van der Waals surface area contributed by atoms with Crippen LogP contribution in [0.25, 0.3) is 0 Å². The van der Waals surface area contributed by atoms with Gasteiger partial charge in [0.05, 0.1) is 12.1 Å². The molecule has 0 spiro atoms. The van der Waals surface area contributed by atoms with Gasteiger partial charge in [-0.25, -0.2) is 13.8 Å². The average Bonchev–Trinajstić information content (AvgIpc) is 3.46. The monoisotopic (exact) mass is 515 g/mol. The van der Waals surface area contributed by atoms with Crippen LogP contribution in [0.2, 0.25) is 0 Å². The minimum absolute atomic E-state index is 0.00249. The van der Waals surface area contributed by atoms with Gasteiger partial charge in [-0.1, -0.05) is 12.1 Å². The number of aromatic nitrogens is 2. The summed E-state index contributed by atoms with van der Waals surface area (Å²) in [6, 6.07) is 5.46. The molecule has 3 atom stereocenters. The van der Waals surface area contributed by atoms with Crippen molar-refractivity contribution >= 4 is 17.7 Å². The Labute approximate surface area is 210 Å². The zero-order valence-corrected chi connectivity index (χ0v) is 20.0. The lowest BCUT2D eigenvalue weighted by molar-refractivity contribution is -0.146. The summed E-state index contributed by atoms with van der Waals surface area (Å²) < 4.78 is 28.0. The number of fused-ring (bicyclic) bond motifs is 4. The number of likely N-dealkylation sites (tertiary alicyclic amines) is 1. The highest BCUT2D eigenvalue weighted by molar-refractivity contribution is 6.35. The Kier molecular flexibility index (Phi) is 6.42. The molecule has 37 heavy (non-hydrogen) atoms. The van der Waals surface area contributed by atoms with E-state index in [1.54, 1.807) is 0 Å². The second kappa shape index (κ2) is 9.56. The Hall–Kier alpha value is -3.83. The van der Waals surface area contributed by atoms with Crippen LogP contribution in [0.3, 0.4) is 0 Å². The van der Waals surface area contributed by atoms with Crippen molar-refractivity contribution in [2.75, 3.05) is 13.1 Å². The Balaban J connectivity index is 1.45. The van der Waals surface area contributed by atoms with Gasteiger partial charge in [0, 0.05) is 19.6 Å². The fraction of sp³-hybridized carbons (Fsp3) is 0.480. The summed E-state index contributed by atoms with van der Waals surface area (Å²) in [7, 11) is 0. The summed E-state index contributed by atoms with van der Waals surface area (Å²) in [4.78, 5) is 57.2. The third kappa shape index (κ3) is 4.67. The fourth-order valence-corrected chi connectivity index (χ4v) is 5.54. The molecule has 1 aromatic carbocycles. The first kappa shape index (κ1) is 24.8. The minimum Gasteiger partial charge on any atom is -0.501 e. The van der Waals surface area contributed by atoms with Crippen LogP contribution in [0.15, 0.2) is 29.1 Å². The molecule has 3 heterocycles. The van der Waals surface area contributed by atoms with Crippen molar-refractivity contribution < 1.29 is 28.3 Å². The van der Waals surface area contributed by atoms with E-state index in [4.69, 9.17) is 0 Å². The van der Waals surface area contributed by atoms with Crippen molar-refractivity contribution in [3.63, 3.8) is 0 Å². The largest absolute Gasteiger partial charge is 0.501 e. The third-order valence-electron chi connectivity index (χ3n) is 7.50. The Morgan fingerprint density at radius 2 is 1.89 bits per heavy atom. The van der Waals surface area contributed by atoms with Crippen molar-refractivity contribution in [3.8, 4) is 5.75 Å². The van der Waals surface area contributed by atoms with E-state index in [0.717, 1.165) is 4.90 Å². The molecule has 196 valence electrons. The zero-order chi connectivity index (χ0) is 26.3. The molecule has 5 rings (SSSR count). The number of carbonyl (C=O) groups excluding carboxylic acids is 3. The number of amides is 3. The van der Waals surface area contributed by atoms with Crippen molar-refractivity contribution in [2.45, 2.75) is 56.9 Å². The van der Waals surface area contributed by atoms with Crippen LogP contribution in [-0.2, 0) is 28.2 Å². The standard InChI is InChI=1S/C25H27F2N5O5/c26-16-3-1-15(2-4-16)12-28-20(34)18-19(33)22(36)32-10-6-14-5-8-25(11-14,24(32)29-18)30-21(35)23(37)31-9-7-17(27)13-31/h1-4,14,17,33H,5-13H2,(H,28,34)(H,30,35)/t14?,17-,25+/m1/s1. The van der Waals surface area contributed by atoms with E-state index in [0.29, 0.717) is 31.2 Å². The molecule has 12 heteroatoms. The van der Waals surface area contributed by atoms with Crippen LogP contribution < -0.4 is 16.2 Å². The second-order valence-corrected chi connectivity index (χ2v) is 9.97. The molecule has 3 aliphatic rings. The normalized spacial score (nSPS) is 24.3. The molecule has 1 unspecified atom stereocenters. The van der Waals surface area contributed by atoms with Crippen LogP contribution in [-0.4, -0.2) is 56.5 Å². The van der Waals surface area contributed by atoms with Gasteiger partial charge in [0.1, 0.15) is 17.8 Å². The maximum Gasteiger partial charge on any atom is 0.312 e. The smallest absolute Gasteiger partial charge is 0.312 e. The number of rotatable bonds is 4. The summed E-state index contributed by atoms with van der Waals surface area (Å²) >= 11 is 0. The first-order valence-electron chi connectivity index (χ1n) is 12.3. The highest BCUT2D eigenvalue weighted by atomic mass is 19.1. The first-order chi connectivity index (χ1) is 17.7. The van der Waals surface area contributed by atoms with E-state index < -0.39 is 52.3 Å². The highest BCUT2D eigenvalue weighted by Crippen LogP contribution is 2.45. The lowest BCUT2D eigenvalue weighted by atomic mass is 9.94. The van der Waals surface area contributed by atoms with Crippen molar-refractivity contribution in [3.05, 3.63) is 57.5 Å². The Morgan fingerprint density at radius 1 is 1.14 bits per heavy atom. The van der Waals surface area contributed by atoms with E-state index in [-0.39, 0.29) is 44.3 Å². The van der Waals surface area contributed by atoms with Gasteiger partial charge < -0.3 is 20.6 Å². The van der Waals surface area contributed by atoms with Crippen molar-refractivity contribution in [1.29, 1.82) is 0 Å². The maximum atomic E-state index is 13.6. The quantitative estimate of drug-likeness (QED) is 0.523. The second-order valence-electron chi connectivity index (χ2n) is 9.97. The van der Waals surface area contributed by atoms with E-state index in [2.05, 4.69) is 15.6 Å². The Bertz CT molecular complexity index is 1310. The number of nitrogens with zero attached hydrogens (tertiary/aromatic N) is 3. The molecule has 1 saturated heterocycles. The lowest BCUT2D eigenvalue weighted by Gasteiger charge is -2.31. The molecule has 2 aliphatic heterocycles. The predicted octanol–water partition coefficient (Wildman–Crippen LogP) is 1.10. The third-order valence-corrected chi connectivity index (χ3v) is 7.50. The molecule has 1 aromatic heterocycles. The summed E-state index contributed by atoms with van der Waals surface area (Å²) in [5.41, 5.74) is -1.91. The van der Waals surface area contributed by atoms with Crippen molar-refractivity contribution in [1.82, 2.24) is 25.1 Å². The topological polar surface area (TPSA) is 134 Å². The Morgan fingerprint density at radius 3 is 2.59 bits per heavy atom. The number of carbonyl (C=O) groups is 3. The van der Waals surface area contributed by atoms with Gasteiger partial charge in [0.15, 0.2) is 5.69 Å². The highest BCUT2D eigenvalue weighted by Gasteiger charge is 2.48. The number of benzene rings is 1. The van der Waals surface area contributed by atoms with Gasteiger partial charge in [0.25, 0.3) is 11.5 Å². The van der Waals surface area contributed by atoms with Gasteiger partial charge in [-0.2, -0.15) is 0 Å². The SMILES string of the molecule is O=C(N[C@]12CCC(CCn3c1nc(C(=O)NCc1ccc(F)cc1)c(O)c3=O)C2)C(=O)N1CC[C@@H](F)C1. The number of hydrogen-bond acceptors (Lipinski definition) is 6. The summed E-state index contributed by atoms with van der Waals surface area (Å²) in [6.45, 7) is 0.229. The summed E-state index contributed by atoms with van der Waals surface area (Å²) in [5.74, 6) is -3.60. The van der Waals surface area contributed by atoms with E-state index >= 15 is 0 Å². The molecule has 3 N–H and O–H groups in total. The predicted molar refractivity (Wildman–Crippen MR) is 126 cm³/mol. The average molecular weight is 516 g/mol. The molecule has 1 saturated carbocycles. The van der Waals surface area contributed by atoms with E-state index in [1.165, 1.54) is 28.8 Å². The van der Waals surface area contributed by atoms with Gasteiger partial charge in [-0.05, 0) is 55.7 Å². The number of alkyl halides is 1. The first-order valence-corrected chi connectivity index (χ1v) is 12.3. The van der Waals surface area contributed by atoms with Crippen LogP contribution in [0, 0.1) is 11.7 Å². The molecule has 10 nitrogen and oxygen atoms in total. The van der Waals surface area contributed by atoms with Crippen LogP contribution >= 0.6 is 0 Å². The van der Waals surface area contributed by atoms with Crippen LogP contribution in [0.4, 0.5) is 8.78 Å². The molecule has 2 fully saturated rings. The lowest BCUT2D eigenvalue weighted by Crippen LogP contribution is -2.53. The number of halogens is 2. The zero-order valence-electron chi connectivity index (χ0n) is 20.0. The minimum atomic E-state index is -1.19. The van der Waals surface area contributed by atoms with Gasteiger partial charge >= 0.3 is 11.8 Å². The van der Waals surface area contributed by atoms with Gasteiger partial charge in [-0.15, -0.1) is 0 Å². The van der Waals surface area contributed by atoms with Crippen LogP contribution in [0.1, 0.15) is 54.0 Å². The van der Waals surface area contributed by atoms with E-state index in [9.17, 15) is 33.1 Å².